The molecule has 0 radical (unpaired) electrons. The molecular formula is C33H43N9O3. The third-order valence-corrected chi connectivity index (χ3v) is 7.26. The Balaban J connectivity index is 1.38. The fraction of sp³-hybridized carbons (Fsp3) is 0.364. The Morgan fingerprint density at radius 2 is 1.82 bits per heavy atom. The lowest BCUT2D eigenvalue weighted by molar-refractivity contribution is -0.126. The minimum absolute atomic E-state index is 0.0571. The molecule has 4 rings (SSSR count). The van der Waals surface area contributed by atoms with Crippen molar-refractivity contribution in [3.8, 4) is 0 Å². The zero-order chi connectivity index (χ0) is 32.2. The van der Waals surface area contributed by atoms with Crippen LogP contribution >= 0.6 is 0 Å². The van der Waals surface area contributed by atoms with E-state index in [2.05, 4.69) is 31.2 Å². The Morgan fingerprint density at radius 1 is 1.04 bits per heavy atom. The second kappa shape index (κ2) is 16.2. The summed E-state index contributed by atoms with van der Waals surface area (Å²) in [5, 5.41) is 12.9. The third kappa shape index (κ3) is 10.0. The number of hydrogen-bond donors (Lipinski definition) is 5. The topological polar surface area (TPSA) is 158 Å². The maximum atomic E-state index is 13.4. The van der Waals surface area contributed by atoms with E-state index in [1.165, 1.54) is 6.20 Å². The number of carbonyl (C=O) groups excluding carboxylic acids is 3. The van der Waals surface area contributed by atoms with Crippen molar-refractivity contribution < 1.29 is 14.4 Å². The molecule has 1 aliphatic heterocycles. The van der Waals surface area contributed by atoms with Gasteiger partial charge in [0.1, 0.15) is 11.4 Å². The van der Waals surface area contributed by atoms with E-state index in [4.69, 9.17) is 5.73 Å². The van der Waals surface area contributed by atoms with Crippen LogP contribution in [0.15, 0.2) is 66.9 Å². The van der Waals surface area contributed by atoms with Crippen LogP contribution in [0, 0.1) is 0 Å². The van der Waals surface area contributed by atoms with Crippen LogP contribution < -0.4 is 27.0 Å². The lowest BCUT2D eigenvalue weighted by Crippen LogP contribution is -2.31. The molecule has 1 aromatic heterocycles. The molecule has 3 aromatic rings. The fourth-order valence-corrected chi connectivity index (χ4v) is 4.89. The van der Waals surface area contributed by atoms with Gasteiger partial charge in [-0.15, -0.1) is 0 Å². The molecule has 3 amide bonds. The summed E-state index contributed by atoms with van der Waals surface area (Å²) in [4.78, 5) is 50.1. The van der Waals surface area contributed by atoms with Gasteiger partial charge in [0.25, 0.3) is 5.91 Å². The van der Waals surface area contributed by atoms with Gasteiger partial charge >= 0.3 is 0 Å². The van der Waals surface area contributed by atoms with Crippen LogP contribution in [0.3, 0.4) is 0 Å². The summed E-state index contributed by atoms with van der Waals surface area (Å²) in [6.07, 6.45) is 8.59. The number of nitrogens with zero attached hydrogens (tertiary/aromatic N) is 4. The molecule has 2 aromatic carbocycles. The Hall–Kier alpha value is -4.97. The maximum absolute atomic E-state index is 13.4. The molecule has 0 spiro atoms. The Bertz CT molecular complexity index is 1490. The van der Waals surface area contributed by atoms with Crippen LogP contribution in [0.25, 0.3) is 0 Å². The number of carbonyl (C=O) groups is 3. The smallest absolute Gasteiger partial charge is 0.260 e. The van der Waals surface area contributed by atoms with E-state index >= 15 is 0 Å². The fourth-order valence-electron chi connectivity index (χ4n) is 4.89. The third-order valence-electron chi connectivity index (χ3n) is 7.26. The highest BCUT2D eigenvalue weighted by Gasteiger charge is 2.20. The lowest BCUT2D eigenvalue weighted by atomic mass is 10.1. The monoisotopic (exact) mass is 613 g/mol. The number of amides is 3. The van der Waals surface area contributed by atoms with Crippen molar-refractivity contribution in [3.63, 3.8) is 0 Å². The number of likely N-dealkylation sites (tertiary alicyclic amines) is 1. The molecule has 1 atom stereocenters. The van der Waals surface area contributed by atoms with E-state index in [1.54, 1.807) is 30.3 Å². The molecule has 1 aliphatic rings. The van der Waals surface area contributed by atoms with Crippen LogP contribution in [0.1, 0.15) is 53.3 Å². The number of benzene rings is 2. The number of primary amides is 1. The first kappa shape index (κ1) is 32.9. The van der Waals surface area contributed by atoms with Gasteiger partial charge in [-0.05, 0) is 82.2 Å². The summed E-state index contributed by atoms with van der Waals surface area (Å²) in [6.45, 7) is 4.82. The molecule has 45 heavy (non-hydrogen) atoms. The standard InChI is InChI=1S/C33H43N9O3/c1-4-17-35-31-28(22-36-33(40-31)39-25-14-12-23(13-15-25)30(34)44)32(45)38-27-9-5-8-26(21-27)37-24-10-6-19-42(20-16-24)29(43)11-7-18-41(2)3/h5,7-9,11-15,21-22,24,37H,4,6,10,16-20H2,1-3H3,(H2,34,44)(H,38,45)(H2,35,36,39,40)/b11-7+. The normalized spacial score (nSPS) is 15.0. The van der Waals surface area contributed by atoms with Crippen molar-refractivity contribution in [2.45, 2.75) is 38.6 Å². The average molecular weight is 614 g/mol. The summed E-state index contributed by atoms with van der Waals surface area (Å²) >= 11 is 0. The molecule has 12 nitrogen and oxygen atoms in total. The molecule has 1 unspecified atom stereocenters. The summed E-state index contributed by atoms with van der Waals surface area (Å²) in [7, 11) is 3.95. The number of rotatable bonds is 13. The zero-order valence-corrected chi connectivity index (χ0v) is 26.2. The van der Waals surface area contributed by atoms with E-state index in [-0.39, 0.29) is 17.9 Å². The van der Waals surface area contributed by atoms with Gasteiger partial charge in [0.2, 0.25) is 17.8 Å². The van der Waals surface area contributed by atoms with Gasteiger partial charge in [-0.1, -0.05) is 19.1 Å². The molecule has 0 saturated carbocycles. The zero-order valence-electron chi connectivity index (χ0n) is 26.2. The van der Waals surface area contributed by atoms with E-state index in [0.29, 0.717) is 47.4 Å². The number of hydrogen-bond acceptors (Lipinski definition) is 9. The number of likely N-dealkylation sites (N-methyl/N-ethyl adjacent to an activating group) is 1. The Labute approximate surface area is 264 Å². The van der Waals surface area contributed by atoms with Gasteiger partial charge in [0.15, 0.2) is 0 Å². The predicted molar refractivity (Wildman–Crippen MR) is 179 cm³/mol. The van der Waals surface area contributed by atoms with Crippen molar-refractivity contribution in [1.29, 1.82) is 0 Å². The minimum Gasteiger partial charge on any atom is -0.382 e. The van der Waals surface area contributed by atoms with Crippen LogP contribution in [0.2, 0.25) is 0 Å². The first-order valence-electron chi connectivity index (χ1n) is 15.3. The minimum atomic E-state index is -0.506. The highest BCUT2D eigenvalue weighted by atomic mass is 16.2. The van der Waals surface area contributed by atoms with Crippen LogP contribution in [0.4, 0.5) is 28.8 Å². The van der Waals surface area contributed by atoms with Crippen molar-refractivity contribution in [3.05, 3.63) is 78.0 Å². The van der Waals surface area contributed by atoms with Crippen molar-refractivity contribution in [1.82, 2.24) is 19.8 Å². The molecule has 12 heteroatoms. The lowest BCUT2D eigenvalue weighted by Gasteiger charge is -2.20. The Kier molecular flexibility index (Phi) is 11.9. The maximum Gasteiger partial charge on any atom is 0.260 e. The van der Waals surface area contributed by atoms with E-state index in [1.807, 2.05) is 61.2 Å². The van der Waals surface area contributed by atoms with Crippen molar-refractivity contribution in [2.24, 2.45) is 5.73 Å². The number of aromatic nitrogens is 2. The van der Waals surface area contributed by atoms with Gasteiger partial charge in [-0.3, -0.25) is 14.4 Å². The van der Waals surface area contributed by atoms with Gasteiger partial charge in [-0.25, -0.2) is 4.98 Å². The van der Waals surface area contributed by atoms with E-state index in [0.717, 1.165) is 44.5 Å². The van der Waals surface area contributed by atoms with Gasteiger partial charge in [0, 0.05) is 67.1 Å². The first-order valence-corrected chi connectivity index (χ1v) is 15.3. The van der Waals surface area contributed by atoms with Crippen LogP contribution in [-0.2, 0) is 4.79 Å². The van der Waals surface area contributed by atoms with Crippen LogP contribution in [0.5, 0.6) is 0 Å². The van der Waals surface area contributed by atoms with E-state index < -0.39 is 5.91 Å². The molecule has 1 saturated heterocycles. The Morgan fingerprint density at radius 3 is 2.56 bits per heavy atom. The van der Waals surface area contributed by atoms with Gasteiger partial charge in [-0.2, -0.15) is 4.98 Å². The number of nitrogens with two attached hydrogens (primary N) is 1. The summed E-state index contributed by atoms with van der Waals surface area (Å²) in [5.74, 6) is -0.0786. The quantitative estimate of drug-likeness (QED) is 0.177. The molecule has 2 heterocycles. The second-order valence-corrected chi connectivity index (χ2v) is 11.2. The van der Waals surface area contributed by atoms with Gasteiger partial charge in [0.05, 0.1) is 0 Å². The van der Waals surface area contributed by atoms with Crippen LogP contribution in [-0.4, -0.2) is 83.8 Å². The van der Waals surface area contributed by atoms with E-state index in [9.17, 15) is 14.4 Å². The number of nitrogens with one attached hydrogen (secondary N) is 4. The van der Waals surface area contributed by atoms with Gasteiger partial charge < -0.3 is 36.8 Å². The molecule has 1 fully saturated rings. The first-order chi connectivity index (χ1) is 21.7. The molecular weight excluding hydrogens is 570 g/mol. The van der Waals surface area contributed by atoms with Crippen molar-refractivity contribution in [2.75, 3.05) is 61.5 Å². The van der Waals surface area contributed by atoms with Crippen molar-refractivity contribution >= 4 is 46.5 Å². The molecule has 0 aliphatic carbocycles. The summed E-state index contributed by atoms with van der Waals surface area (Å²) in [6, 6.07) is 14.5. The average Bonchev–Trinajstić information content (AvgIpc) is 3.26. The largest absolute Gasteiger partial charge is 0.382 e. The highest BCUT2D eigenvalue weighted by Crippen LogP contribution is 2.23. The number of anilines is 5. The molecule has 6 N–H and O–H groups in total. The highest BCUT2D eigenvalue weighted by molar-refractivity contribution is 6.07. The predicted octanol–water partition coefficient (Wildman–Crippen LogP) is 4.30. The SMILES string of the molecule is CCCNc1nc(Nc2ccc(C(N)=O)cc2)ncc1C(=O)Nc1cccc(NC2CCCN(C(=O)/C=C/CN(C)C)CC2)c1. The molecule has 238 valence electrons. The molecule has 0 bridgehead atoms. The summed E-state index contributed by atoms with van der Waals surface area (Å²) < 4.78 is 0. The summed E-state index contributed by atoms with van der Waals surface area (Å²) in [5.41, 5.74) is 8.24. The second-order valence-electron chi connectivity index (χ2n) is 11.2.